The van der Waals surface area contributed by atoms with Crippen LogP contribution >= 0.6 is 0 Å². The van der Waals surface area contributed by atoms with Gasteiger partial charge in [-0.3, -0.25) is 0 Å². The van der Waals surface area contributed by atoms with Crippen molar-refractivity contribution in [1.82, 2.24) is 10.2 Å². The lowest BCUT2D eigenvalue weighted by Gasteiger charge is -2.57. The normalized spacial score (nSPS) is 28.9. The quantitative estimate of drug-likeness (QED) is 0.898. The van der Waals surface area contributed by atoms with Gasteiger partial charge in [-0.1, -0.05) is 0 Å². The molecule has 19 heavy (non-hydrogen) atoms. The zero-order valence-corrected chi connectivity index (χ0v) is 11.3. The first-order chi connectivity index (χ1) is 9.35. The molecule has 5 nitrogen and oxygen atoms in total. The van der Waals surface area contributed by atoms with Crippen molar-refractivity contribution >= 4 is 5.82 Å². The van der Waals surface area contributed by atoms with Gasteiger partial charge in [0, 0.05) is 37.5 Å². The third-order valence-corrected chi connectivity index (χ3v) is 4.47. The molecule has 0 radical (unpaired) electrons. The highest BCUT2D eigenvalue weighted by Crippen LogP contribution is 2.51. The molecular formula is C14H21N3O2. The van der Waals surface area contributed by atoms with E-state index >= 15 is 0 Å². The van der Waals surface area contributed by atoms with E-state index in [1.807, 2.05) is 12.1 Å². The highest BCUT2D eigenvalue weighted by atomic mass is 16.5. The second kappa shape index (κ2) is 5.43. The molecular weight excluding hydrogens is 242 g/mol. The number of rotatable bonds is 4. The Morgan fingerprint density at radius 2 is 2.32 bits per heavy atom. The molecule has 1 aromatic heterocycles. The second-order valence-corrected chi connectivity index (χ2v) is 5.33. The molecule has 5 heteroatoms. The molecule has 1 aromatic rings. The van der Waals surface area contributed by atoms with Gasteiger partial charge in [-0.25, -0.2) is 0 Å². The molecule has 1 saturated heterocycles. The van der Waals surface area contributed by atoms with E-state index in [9.17, 15) is 0 Å². The summed E-state index contributed by atoms with van der Waals surface area (Å²) in [5.41, 5.74) is 0.214. The number of anilines is 1. The predicted octanol–water partition coefficient (Wildman–Crippen LogP) is 1.86. The molecule has 3 rings (SSSR count). The smallest absolute Gasteiger partial charge is 0.148 e. The van der Waals surface area contributed by atoms with Gasteiger partial charge in [0.1, 0.15) is 5.82 Å². The average Bonchev–Trinajstić information content (AvgIpc) is 2.48. The Hall–Kier alpha value is -1.20. The van der Waals surface area contributed by atoms with Crippen molar-refractivity contribution in [2.75, 3.05) is 25.1 Å². The molecule has 1 saturated carbocycles. The van der Waals surface area contributed by atoms with Crippen LogP contribution in [-0.4, -0.2) is 42.2 Å². The van der Waals surface area contributed by atoms with Crippen LogP contribution in [0.1, 0.15) is 26.2 Å². The lowest BCUT2D eigenvalue weighted by molar-refractivity contribution is -0.159. The van der Waals surface area contributed by atoms with Crippen molar-refractivity contribution in [1.29, 1.82) is 0 Å². The number of hydrogen-bond donors (Lipinski definition) is 1. The number of hydrogen-bond acceptors (Lipinski definition) is 5. The summed E-state index contributed by atoms with van der Waals surface area (Å²) in [5.74, 6) is 0.855. The first kappa shape index (κ1) is 12.8. The SMILES string of the molecule is CCO[C@@H]1C[C@@H](Nc2cccnn2)C12CCOCC2. The second-order valence-electron chi connectivity index (χ2n) is 5.33. The van der Waals surface area contributed by atoms with Crippen LogP contribution in [0.25, 0.3) is 0 Å². The Bertz CT molecular complexity index is 406. The third kappa shape index (κ3) is 2.32. The van der Waals surface area contributed by atoms with Crippen molar-refractivity contribution in [2.24, 2.45) is 5.41 Å². The maximum absolute atomic E-state index is 5.91. The van der Waals surface area contributed by atoms with Crippen LogP contribution in [0.5, 0.6) is 0 Å². The number of nitrogens with zero attached hydrogens (tertiary/aromatic N) is 2. The van der Waals surface area contributed by atoms with Gasteiger partial charge in [0.15, 0.2) is 0 Å². The Morgan fingerprint density at radius 3 is 3.00 bits per heavy atom. The van der Waals surface area contributed by atoms with E-state index < -0.39 is 0 Å². The summed E-state index contributed by atoms with van der Waals surface area (Å²) < 4.78 is 11.4. The van der Waals surface area contributed by atoms with Gasteiger partial charge < -0.3 is 14.8 Å². The summed E-state index contributed by atoms with van der Waals surface area (Å²) in [4.78, 5) is 0. The minimum atomic E-state index is 0.214. The van der Waals surface area contributed by atoms with E-state index in [0.717, 1.165) is 44.9 Å². The average molecular weight is 263 g/mol. The highest BCUT2D eigenvalue weighted by Gasteiger charge is 2.56. The van der Waals surface area contributed by atoms with E-state index in [1.54, 1.807) is 6.20 Å². The minimum Gasteiger partial charge on any atom is -0.381 e. The molecule has 0 amide bonds. The van der Waals surface area contributed by atoms with E-state index in [1.165, 1.54) is 0 Å². The maximum atomic E-state index is 5.91. The highest BCUT2D eigenvalue weighted by molar-refractivity contribution is 5.36. The summed E-state index contributed by atoms with van der Waals surface area (Å²) in [6.45, 7) is 4.52. The molecule has 1 spiro atoms. The Labute approximate surface area is 113 Å². The van der Waals surface area contributed by atoms with Gasteiger partial charge in [-0.05, 0) is 38.3 Å². The van der Waals surface area contributed by atoms with Crippen molar-refractivity contribution in [3.63, 3.8) is 0 Å². The van der Waals surface area contributed by atoms with E-state index in [2.05, 4.69) is 22.4 Å². The Morgan fingerprint density at radius 1 is 1.47 bits per heavy atom. The van der Waals surface area contributed by atoms with Crippen LogP contribution in [0, 0.1) is 5.41 Å². The van der Waals surface area contributed by atoms with Crippen molar-refractivity contribution in [2.45, 2.75) is 38.3 Å². The van der Waals surface area contributed by atoms with E-state index in [0.29, 0.717) is 12.1 Å². The van der Waals surface area contributed by atoms with Crippen molar-refractivity contribution in [3.8, 4) is 0 Å². The van der Waals surface area contributed by atoms with Crippen LogP contribution < -0.4 is 5.32 Å². The third-order valence-electron chi connectivity index (χ3n) is 4.47. The van der Waals surface area contributed by atoms with E-state index in [-0.39, 0.29) is 5.41 Å². The van der Waals surface area contributed by atoms with E-state index in [4.69, 9.17) is 9.47 Å². The van der Waals surface area contributed by atoms with Crippen molar-refractivity contribution < 1.29 is 9.47 Å². The van der Waals surface area contributed by atoms with Crippen LogP contribution in [0.15, 0.2) is 18.3 Å². The summed E-state index contributed by atoms with van der Waals surface area (Å²) in [7, 11) is 0. The van der Waals surface area contributed by atoms with Crippen LogP contribution in [-0.2, 0) is 9.47 Å². The van der Waals surface area contributed by atoms with Gasteiger partial charge in [0.05, 0.1) is 6.10 Å². The molecule has 0 bridgehead atoms. The van der Waals surface area contributed by atoms with Gasteiger partial charge in [0.25, 0.3) is 0 Å². The summed E-state index contributed by atoms with van der Waals surface area (Å²) in [6, 6.07) is 4.29. The number of nitrogens with one attached hydrogen (secondary N) is 1. The molecule has 2 fully saturated rings. The topological polar surface area (TPSA) is 56.3 Å². The monoisotopic (exact) mass is 263 g/mol. The van der Waals surface area contributed by atoms with Crippen LogP contribution in [0.2, 0.25) is 0 Å². The molecule has 0 aromatic carbocycles. The lowest BCUT2D eigenvalue weighted by atomic mass is 9.57. The summed E-state index contributed by atoms with van der Waals surface area (Å²) in [5, 5.41) is 11.6. The molecule has 2 aliphatic rings. The molecule has 104 valence electrons. The fraction of sp³-hybridized carbons (Fsp3) is 0.714. The van der Waals surface area contributed by atoms with Gasteiger partial charge in [-0.2, -0.15) is 5.10 Å². The molecule has 2 heterocycles. The van der Waals surface area contributed by atoms with Crippen molar-refractivity contribution in [3.05, 3.63) is 18.3 Å². The zero-order chi connectivity index (χ0) is 13.1. The fourth-order valence-corrected chi connectivity index (χ4v) is 3.36. The largest absolute Gasteiger partial charge is 0.381 e. The fourth-order valence-electron chi connectivity index (χ4n) is 3.36. The number of ether oxygens (including phenoxy) is 2. The van der Waals surface area contributed by atoms with Gasteiger partial charge >= 0.3 is 0 Å². The standard InChI is InChI=1S/C14H21N3O2/c1-2-19-12-10-11(14(12)5-8-18-9-6-14)16-13-4-3-7-15-17-13/h3-4,7,11-12H,2,5-6,8-10H2,1H3,(H,16,17)/t11-,12-/m1/s1. The first-order valence-corrected chi connectivity index (χ1v) is 7.09. The van der Waals surface area contributed by atoms with Crippen LogP contribution in [0.3, 0.4) is 0 Å². The van der Waals surface area contributed by atoms with Crippen LogP contribution in [0.4, 0.5) is 5.82 Å². The Kier molecular flexibility index (Phi) is 3.66. The molecule has 1 N–H and O–H groups in total. The Balaban J connectivity index is 1.71. The summed E-state index contributed by atoms with van der Waals surface area (Å²) >= 11 is 0. The zero-order valence-electron chi connectivity index (χ0n) is 11.3. The summed E-state index contributed by atoms with van der Waals surface area (Å²) in [6.07, 6.45) is 5.23. The lowest BCUT2D eigenvalue weighted by Crippen LogP contribution is -2.63. The van der Waals surface area contributed by atoms with Gasteiger partial charge in [-0.15, -0.1) is 5.10 Å². The number of aromatic nitrogens is 2. The molecule has 1 aliphatic carbocycles. The molecule has 1 aliphatic heterocycles. The minimum absolute atomic E-state index is 0.214. The molecule has 2 atom stereocenters. The molecule has 0 unspecified atom stereocenters. The maximum Gasteiger partial charge on any atom is 0.148 e. The van der Waals surface area contributed by atoms with Gasteiger partial charge in [0.2, 0.25) is 0 Å². The first-order valence-electron chi connectivity index (χ1n) is 7.09. The predicted molar refractivity (Wildman–Crippen MR) is 72.0 cm³/mol.